The third kappa shape index (κ3) is 4.38. The van der Waals surface area contributed by atoms with Crippen LogP contribution in [0.3, 0.4) is 0 Å². The van der Waals surface area contributed by atoms with Gasteiger partial charge in [-0.2, -0.15) is 5.10 Å². The smallest absolute Gasteiger partial charge is 0.239 e. The van der Waals surface area contributed by atoms with Gasteiger partial charge in [-0.1, -0.05) is 0 Å². The molecule has 0 saturated carbocycles. The fraction of sp³-hybridized carbons (Fsp3) is 0.706. The van der Waals surface area contributed by atoms with E-state index in [-0.39, 0.29) is 18.4 Å². The molecule has 0 spiro atoms. The Kier molecular flexibility index (Phi) is 5.70. The minimum atomic E-state index is -0.0801. The highest BCUT2D eigenvalue weighted by Gasteiger charge is 2.36. The number of nitrogens with one attached hydrogen (secondary N) is 1. The summed E-state index contributed by atoms with van der Waals surface area (Å²) in [6.07, 6.45) is 3.95. The highest BCUT2D eigenvalue weighted by atomic mass is 16.5. The van der Waals surface area contributed by atoms with Gasteiger partial charge in [0.25, 0.3) is 0 Å². The maximum Gasteiger partial charge on any atom is 0.239 e. The number of ether oxygens (including phenoxy) is 1. The molecule has 0 aliphatic carbocycles. The van der Waals surface area contributed by atoms with Crippen LogP contribution >= 0.6 is 0 Å². The number of hydrogen-bond donors (Lipinski definition) is 1. The largest absolute Gasteiger partial charge is 0.381 e. The number of carbonyl (C=O) groups excluding carboxylic acids is 2. The summed E-state index contributed by atoms with van der Waals surface area (Å²) < 4.78 is 7.47. The Morgan fingerprint density at radius 2 is 2.28 bits per heavy atom. The normalized spacial score (nSPS) is 24.6. The number of rotatable bonds is 6. The van der Waals surface area contributed by atoms with Crippen LogP contribution in [0.4, 0.5) is 0 Å². The number of nitrogens with zero attached hydrogens (tertiary/aromatic N) is 4. The summed E-state index contributed by atoms with van der Waals surface area (Å²) in [4.78, 5) is 27.8. The Morgan fingerprint density at radius 1 is 1.44 bits per heavy atom. The van der Waals surface area contributed by atoms with Gasteiger partial charge in [0.1, 0.15) is 0 Å². The van der Waals surface area contributed by atoms with Gasteiger partial charge in [0.15, 0.2) is 0 Å². The van der Waals surface area contributed by atoms with Gasteiger partial charge in [-0.15, -0.1) is 0 Å². The number of amides is 2. The molecule has 1 aromatic rings. The zero-order valence-electron chi connectivity index (χ0n) is 15.0. The first-order valence-electron chi connectivity index (χ1n) is 8.90. The third-order valence-electron chi connectivity index (χ3n) is 4.96. The maximum atomic E-state index is 12.5. The second-order valence-corrected chi connectivity index (χ2v) is 6.83. The SMILES string of the molecule is CCOC[C@@H]1CN(CC(=O)N2CCNC(=O)C2)C[C@H]1c1cnn(C)c1. The van der Waals surface area contributed by atoms with Crippen LogP contribution in [-0.2, 0) is 21.4 Å². The van der Waals surface area contributed by atoms with E-state index in [0.29, 0.717) is 44.7 Å². The Balaban J connectivity index is 1.62. The van der Waals surface area contributed by atoms with E-state index in [1.807, 2.05) is 31.0 Å². The zero-order valence-corrected chi connectivity index (χ0v) is 15.0. The Hall–Kier alpha value is -1.93. The minimum Gasteiger partial charge on any atom is -0.381 e. The molecule has 2 aliphatic rings. The van der Waals surface area contributed by atoms with Gasteiger partial charge in [0, 0.05) is 57.9 Å². The van der Waals surface area contributed by atoms with Crippen LogP contribution in [-0.4, -0.2) is 83.9 Å². The van der Waals surface area contributed by atoms with Gasteiger partial charge in [-0.25, -0.2) is 0 Å². The van der Waals surface area contributed by atoms with Gasteiger partial charge < -0.3 is 15.0 Å². The first-order valence-corrected chi connectivity index (χ1v) is 8.90. The van der Waals surface area contributed by atoms with Crippen molar-refractivity contribution in [3.05, 3.63) is 18.0 Å². The fourth-order valence-electron chi connectivity index (χ4n) is 3.68. The van der Waals surface area contributed by atoms with Crippen molar-refractivity contribution in [1.82, 2.24) is 24.9 Å². The van der Waals surface area contributed by atoms with Gasteiger partial charge >= 0.3 is 0 Å². The third-order valence-corrected chi connectivity index (χ3v) is 4.96. The summed E-state index contributed by atoms with van der Waals surface area (Å²) in [6.45, 7) is 6.67. The summed E-state index contributed by atoms with van der Waals surface area (Å²) in [6, 6.07) is 0. The second kappa shape index (κ2) is 7.97. The van der Waals surface area contributed by atoms with Crippen molar-refractivity contribution in [1.29, 1.82) is 0 Å². The van der Waals surface area contributed by atoms with E-state index >= 15 is 0 Å². The summed E-state index contributed by atoms with van der Waals surface area (Å²) in [5, 5.41) is 7.03. The van der Waals surface area contributed by atoms with Gasteiger partial charge in [0.2, 0.25) is 11.8 Å². The van der Waals surface area contributed by atoms with E-state index < -0.39 is 0 Å². The van der Waals surface area contributed by atoms with Crippen LogP contribution in [0.25, 0.3) is 0 Å². The Labute approximate surface area is 148 Å². The molecule has 3 heterocycles. The lowest BCUT2D eigenvalue weighted by atomic mass is 9.92. The molecule has 138 valence electrons. The van der Waals surface area contributed by atoms with Gasteiger partial charge in [0.05, 0.1) is 25.9 Å². The van der Waals surface area contributed by atoms with E-state index in [1.54, 1.807) is 4.90 Å². The zero-order chi connectivity index (χ0) is 17.8. The molecule has 0 unspecified atom stereocenters. The van der Waals surface area contributed by atoms with Crippen molar-refractivity contribution in [3.8, 4) is 0 Å². The molecule has 8 heteroatoms. The summed E-state index contributed by atoms with van der Waals surface area (Å²) in [5.74, 6) is 0.611. The lowest BCUT2D eigenvalue weighted by molar-refractivity contribution is -0.138. The van der Waals surface area contributed by atoms with E-state index in [9.17, 15) is 9.59 Å². The minimum absolute atomic E-state index is 0.0249. The second-order valence-electron chi connectivity index (χ2n) is 6.83. The molecule has 1 N–H and O–H groups in total. The average molecular weight is 349 g/mol. The summed E-state index contributed by atoms with van der Waals surface area (Å²) >= 11 is 0. The number of carbonyl (C=O) groups is 2. The van der Waals surface area contributed by atoms with Crippen LogP contribution < -0.4 is 5.32 Å². The molecule has 0 bridgehead atoms. The van der Waals surface area contributed by atoms with Crippen LogP contribution in [0.15, 0.2) is 12.4 Å². The fourth-order valence-corrected chi connectivity index (χ4v) is 3.68. The lowest BCUT2D eigenvalue weighted by Crippen LogP contribution is -2.52. The van der Waals surface area contributed by atoms with E-state index in [4.69, 9.17) is 4.74 Å². The summed E-state index contributed by atoms with van der Waals surface area (Å²) in [5.41, 5.74) is 1.19. The van der Waals surface area contributed by atoms with Gasteiger partial charge in [-0.3, -0.25) is 19.2 Å². The van der Waals surface area contributed by atoms with Crippen LogP contribution in [0.5, 0.6) is 0 Å². The molecule has 3 rings (SSSR count). The molecular weight excluding hydrogens is 322 g/mol. The molecule has 2 amide bonds. The molecule has 2 aliphatic heterocycles. The quantitative estimate of drug-likeness (QED) is 0.744. The van der Waals surface area contributed by atoms with E-state index in [2.05, 4.69) is 15.3 Å². The molecule has 1 aromatic heterocycles. The lowest BCUT2D eigenvalue weighted by Gasteiger charge is -2.28. The average Bonchev–Trinajstić information content (AvgIpc) is 3.19. The van der Waals surface area contributed by atoms with Crippen LogP contribution in [0.2, 0.25) is 0 Å². The van der Waals surface area contributed by atoms with Gasteiger partial charge in [-0.05, 0) is 12.5 Å². The van der Waals surface area contributed by atoms with Crippen molar-refractivity contribution in [2.75, 3.05) is 52.5 Å². The standard InChI is InChI=1S/C17H27N5O3/c1-3-25-12-14-8-21(9-15(14)13-6-19-20(2)7-13)11-17(24)22-5-4-18-16(23)10-22/h6-7,14-15H,3-5,8-12H2,1-2H3,(H,18,23)/t14-,15-/m0/s1. The highest BCUT2D eigenvalue weighted by molar-refractivity contribution is 5.86. The van der Waals surface area contributed by atoms with Crippen molar-refractivity contribution >= 4 is 11.8 Å². The molecule has 25 heavy (non-hydrogen) atoms. The van der Waals surface area contributed by atoms with Crippen molar-refractivity contribution in [2.24, 2.45) is 13.0 Å². The van der Waals surface area contributed by atoms with Crippen molar-refractivity contribution in [2.45, 2.75) is 12.8 Å². The van der Waals surface area contributed by atoms with Crippen molar-refractivity contribution < 1.29 is 14.3 Å². The van der Waals surface area contributed by atoms with Crippen LogP contribution in [0, 0.1) is 5.92 Å². The van der Waals surface area contributed by atoms with E-state index in [1.165, 1.54) is 5.56 Å². The Bertz CT molecular complexity index is 617. The predicted molar refractivity (Wildman–Crippen MR) is 92.0 cm³/mol. The predicted octanol–water partition coefficient (Wildman–Crippen LogP) is -0.570. The molecule has 2 atom stereocenters. The molecule has 2 fully saturated rings. The first-order chi connectivity index (χ1) is 12.1. The molecule has 0 aromatic carbocycles. The number of aryl methyl sites for hydroxylation is 1. The monoisotopic (exact) mass is 349 g/mol. The molecule has 8 nitrogen and oxygen atoms in total. The number of hydrogen-bond acceptors (Lipinski definition) is 5. The number of piperazine rings is 1. The first kappa shape index (κ1) is 17.9. The molecule has 2 saturated heterocycles. The van der Waals surface area contributed by atoms with Crippen LogP contribution in [0.1, 0.15) is 18.4 Å². The van der Waals surface area contributed by atoms with Crippen molar-refractivity contribution in [3.63, 3.8) is 0 Å². The topological polar surface area (TPSA) is 79.7 Å². The summed E-state index contributed by atoms with van der Waals surface area (Å²) in [7, 11) is 1.92. The number of likely N-dealkylation sites (tertiary alicyclic amines) is 1. The number of aromatic nitrogens is 2. The molecular formula is C17H27N5O3. The Morgan fingerprint density at radius 3 is 2.96 bits per heavy atom. The van der Waals surface area contributed by atoms with E-state index in [0.717, 1.165) is 13.1 Å². The molecule has 0 radical (unpaired) electrons. The maximum absolute atomic E-state index is 12.5. The highest BCUT2D eigenvalue weighted by Crippen LogP contribution is 2.32.